The molecule has 1 aliphatic rings. The van der Waals surface area contributed by atoms with Gasteiger partial charge in [0.05, 0.1) is 31.0 Å². The van der Waals surface area contributed by atoms with Crippen LogP contribution in [0.25, 0.3) is 0 Å². The highest BCUT2D eigenvalue weighted by atomic mass is 32.1. The smallest absolute Gasteiger partial charge is 0.221 e. The van der Waals surface area contributed by atoms with Crippen molar-refractivity contribution in [1.82, 2.24) is 5.32 Å². The molecule has 1 heterocycles. The molecule has 0 spiro atoms. The minimum atomic E-state index is -0.709. The lowest BCUT2D eigenvalue weighted by Crippen LogP contribution is -2.60. The largest absolute Gasteiger partial charge is 0.394 e. The molecule has 0 saturated carbocycles. The van der Waals surface area contributed by atoms with Gasteiger partial charge in [0.25, 0.3) is 0 Å². The summed E-state index contributed by atoms with van der Waals surface area (Å²) < 4.78 is 5.57. The first-order valence-corrected chi connectivity index (χ1v) is 6.49. The van der Waals surface area contributed by atoms with Gasteiger partial charge >= 0.3 is 0 Å². The Bertz CT molecular complexity index is 264. The first-order chi connectivity index (χ1) is 8.01. The Kier molecular flexibility index (Phi) is 5.72. The lowest BCUT2D eigenvalue weighted by atomic mass is 9.87. The third-order valence-electron chi connectivity index (χ3n) is 3.23. The van der Waals surface area contributed by atoms with E-state index >= 15 is 0 Å². The van der Waals surface area contributed by atoms with Crippen LogP contribution in [0.2, 0.25) is 0 Å². The van der Waals surface area contributed by atoms with E-state index in [1.54, 1.807) is 13.8 Å². The molecule has 0 unspecified atom stereocenters. The summed E-state index contributed by atoms with van der Waals surface area (Å²) in [5.41, 5.74) is 0. The number of ether oxygens (including phenoxy) is 1. The molecule has 0 bridgehead atoms. The number of carbonyl (C=O) groups is 1. The van der Waals surface area contributed by atoms with Crippen molar-refractivity contribution in [3.05, 3.63) is 0 Å². The van der Waals surface area contributed by atoms with Gasteiger partial charge in [-0.25, -0.2) is 0 Å². The lowest BCUT2D eigenvalue weighted by Gasteiger charge is -2.42. The molecule has 0 aromatic carbocycles. The molecule has 0 aromatic heterocycles. The topological polar surface area (TPSA) is 78.8 Å². The van der Waals surface area contributed by atoms with Gasteiger partial charge in [0, 0.05) is 12.3 Å². The van der Waals surface area contributed by atoms with Gasteiger partial charge in [0.1, 0.15) is 0 Å². The van der Waals surface area contributed by atoms with Crippen LogP contribution in [0, 0.1) is 5.92 Å². The first kappa shape index (κ1) is 14.8. The molecule has 5 nitrogen and oxygen atoms in total. The molecular formula is C11H21NO4S. The van der Waals surface area contributed by atoms with E-state index < -0.39 is 12.1 Å². The van der Waals surface area contributed by atoms with Crippen molar-refractivity contribution >= 4 is 18.5 Å². The average Bonchev–Trinajstić information content (AvgIpc) is 2.29. The second-order valence-corrected chi connectivity index (χ2v) is 4.93. The highest BCUT2D eigenvalue weighted by Crippen LogP contribution is 2.25. The second kappa shape index (κ2) is 6.58. The number of thiol groups is 1. The molecule has 0 radical (unpaired) electrons. The first-order valence-electron chi connectivity index (χ1n) is 5.85. The molecule has 17 heavy (non-hydrogen) atoms. The number of aliphatic hydroxyl groups is 2. The maximum atomic E-state index is 11.5. The minimum Gasteiger partial charge on any atom is -0.394 e. The molecule has 6 heteroatoms. The molecule has 100 valence electrons. The van der Waals surface area contributed by atoms with Gasteiger partial charge in [0.2, 0.25) is 5.91 Å². The van der Waals surface area contributed by atoms with Gasteiger partial charge in [-0.2, -0.15) is 12.6 Å². The number of aliphatic hydroxyl groups excluding tert-OH is 2. The zero-order valence-electron chi connectivity index (χ0n) is 10.2. The van der Waals surface area contributed by atoms with Gasteiger partial charge in [0.15, 0.2) is 0 Å². The highest BCUT2D eigenvalue weighted by molar-refractivity contribution is 7.80. The molecule has 0 aromatic rings. The maximum absolute atomic E-state index is 11.5. The van der Waals surface area contributed by atoms with Gasteiger partial charge in [-0.15, -0.1) is 0 Å². The molecule has 5 atom stereocenters. The zero-order valence-corrected chi connectivity index (χ0v) is 11.1. The molecule has 3 N–H and O–H groups in total. The third kappa shape index (κ3) is 3.58. The maximum Gasteiger partial charge on any atom is 0.221 e. The van der Waals surface area contributed by atoms with Crippen LogP contribution in [0.5, 0.6) is 0 Å². The van der Waals surface area contributed by atoms with E-state index in [0.29, 0.717) is 12.2 Å². The summed E-state index contributed by atoms with van der Waals surface area (Å²) in [4.78, 5) is 11.5. The van der Waals surface area contributed by atoms with E-state index in [4.69, 9.17) is 9.84 Å². The molecule has 1 amide bonds. The van der Waals surface area contributed by atoms with Crippen molar-refractivity contribution in [1.29, 1.82) is 0 Å². The van der Waals surface area contributed by atoms with Gasteiger partial charge in [-0.05, 0) is 12.7 Å². The molecule has 1 fully saturated rings. The molecule has 1 saturated heterocycles. The second-order valence-electron chi connectivity index (χ2n) is 4.48. The van der Waals surface area contributed by atoms with Crippen LogP contribution in [-0.4, -0.2) is 52.8 Å². The SMILES string of the molecule is C[C@H]1[C@H](O)[C@@H](NC(=O)CCS)[C@H](C)O[C@@H]1CO. The minimum absolute atomic E-state index is 0.125. The Morgan fingerprint density at radius 3 is 2.65 bits per heavy atom. The number of hydrogen-bond acceptors (Lipinski definition) is 5. The summed E-state index contributed by atoms with van der Waals surface area (Å²) >= 11 is 3.98. The van der Waals surface area contributed by atoms with E-state index in [0.717, 1.165) is 0 Å². The van der Waals surface area contributed by atoms with E-state index in [9.17, 15) is 9.90 Å². The van der Waals surface area contributed by atoms with Crippen LogP contribution in [0.1, 0.15) is 20.3 Å². The third-order valence-corrected chi connectivity index (χ3v) is 3.46. The van der Waals surface area contributed by atoms with Crippen LogP contribution in [0.15, 0.2) is 0 Å². The van der Waals surface area contributed by atoms with Crippen molar-refractivity contribution in [2.24, 2.45) is 5.92 Å². The fourth-order valence-electron chi connectivity index (χ4n) is 2.08. The van der Waals surface area contributed by atoms with Gasteiger partial charge < -0.3 is 20.3 Å². The predicted molar refractivity (Wildman–Crippen MR) is 67.0 cm³/mol. The van der Waals surface area contributed by atoms with E-state index in [1.807, 2.05) is 0 Å². The number of rotatable bonds is 4. The van der Waals surface area contributed by atoms with Crippen molar-refractivity contribution in [2.75, 3.05) is 12.4 Å². The van der Waals surface area contributed by atoms with Crippen molar-refractivity contribution in [3.8, 4) is 0 Å². The Balaban J connectivity index is 2.63. The lowest BCUT2D eigenvalue weighted by molar-refractivity contribution is -0.161. The number of hydrogen-bond donors (Lipinski definition) is 4. The van der Waals surface area contributed by atoms with Crippen LogP contribution in [0.4, 0.5) is 0 Å². The Morgan fingerprint density at radius 1 is 1.47 bits per heavy atom. The monoisotopic (exact) mass is 263 g/mol. The normalized spacial score (nSPS) is 37.8. The van der Waals surface area contributed by atoms with Crippen molar-refractivity contribution in [2.45, 2.75) is 44.6 Å². The summed E-state index contributed by atoms with van der Waals surface area (Å²) in [5.74, 6) is 0.116. The summed E-state index contributed by atoms with van der Waals surface area (Å²) in [6, 6.07) is -0.430. The van der Waals surface area contributed by atoms with Gasteiger partial charge in [-0.1, -0.05) is 6.92 Å². The van der Waals surface area contributed by atoms with Crippen LogP contribution in [-0.2, 0) is 9.53 Å². The Hall–Kier alpha value is -0.300. The van der Waals surface area contributed by atoms with Gasteiger partial charge in [-0.3, -0.25) is 4.79 Å². The molecule has 1 rings (SSSR count). The standard InChI is InChI=1S/C11H21NO4S/c1-6-8(5-13)16-7(2)10(11(6)15)12-9(14)3-4-17/h6-8,10-11,13,15,17H,3-5H2,1-2H3,(H,12,14)/t6-,7+,8-,10+,11+/m1/s1. The van der Waals surface area contributed by atoms with E-state index in [2.05, 4.69) is 17.9 Å². The van der Waals surface area contributed by atoms with Crippen LogP contribution >= 0.6 is 12.6 Å². The Labute approximate surface area is 107 Å². The molecule has 1 aliphatic heterocycles. The summed E-state index contributed by atoms with van der Waals surface area (Å²) in [5, 5.41) is 22.0. The fraction of sp³-hybridized carbons (Fsp3) is 0.909. The van der Waals surface area contributed by atoms with E-state index in [1.165, 1.54) is 0 Å². The van der Waals surface area contributed by atoms with Crippen LogP contribution in [0.3, 0.4) is 0 Å². The predicted octanol–water partition coefficient (Wildman–Crippen LogP) is -0.432. The number of nitrogens with one attached hydrogen (secondary N) is 1. The highest BCUT2D eigenvalue weighted by Gasteiger charge is 2.41. The van der Waals surface area contributed by atoms with Crippen molar-refractivity contribution in [3.63, 3.8) is 0 Å². The zero-order chi connectivity index (χ0) is 13.0. The van der Waals surface area contributed by atoms with Crippen LogP contribution < -0.4 is 5.32 Å². The quantitative estimate of drug-likeness (QED) is 0.519. The number of carbonyl (C=O) groups excluding carboxylic acids is 1. The summed E-state index contributed by atoms with van der Waals surface area (Å²) in [6.45, 7) is 3.46. The number of amides is 1. The molecular weight excluding hydrogens is 242 g/mol. The summed E-state index contributed by atoms with van der Waals surface area (Å²) in [7, 11) is 0. The van der Waals surface area contributed by atoms with E-state index in [-0.39, 0.29) is 30.6 Å². The fourth-order valence-corrected chi connectivity index (χ4v) is 2.28. The average molecular weight is 263 g/mol. The Morgan fingerprint density at radius 2 is 2.12 bits per heavy atom. The van der Waals surface area contributed by atoms with Crippen molar-refractivity contribution < 1.29 is 19.7 Å². The molecule has 0 aliphatic carbocycles. The summed E-state index contributed by atoms with van der Waals surface area (Å²) in [6.07, 6.45) is -1.09.